The van der Waals surface area contributed by atoms with E-state index in [1.807, 2.05) is 19.1 Å². The number of hydrogen-bond acceptors (Lipinski definition) is 1. The quantitative estimate of drug-likeness (QED) is 0.836. The summed E-state index contributed by atoms with van der Waals surface area (Å²) in [4.78, 5) is 12.6. The summed E-state index contributed by atoms with van der Waals surface area (Å²) in [6.07, 6.45) is 3.62. The van der Waals surface area contributed by atoms with E-state index in [0.29, 0.717) is 21.3 Å². The Morgan fingerprint density at radius 2 is 2.28 bits per heavy atom. The molecular formula is C14H17BrClNO. The molecule has 1 aliphatic carbocycles. The van der Waals surface area contributed by atoms with Gasteiger partial charge in [-0.1, -0.05) is 40.0 Å². The molecule has 1 aliphatic rings. The highest BCUT2D eigenvalue weighted by molar-refractivity contribution is 9.09. The number of aryl methyl sites for hydroxylation is 1. The van der Waals surface area contributed by atoms with E-state index in [1.54, 1.807) is 6.07 Å². The summed E-state index contributed by atoms with van der Waals surface area (Å²) in [6.45, 7) is 2.68. The Labute approximate surface area is 121 Å². The van der Waals surface area contributed by atoms with Crippen molar-refractivity contribution in [1.82, 2.24) is 5.32 Å². The normalized spacial score (nSPS) is 23.1. The first-order valence-electron chi connectivity index (χ1n) is 6.26. The highest BCUT2D eigenvalue weighted by Crippen LogP contribution is 2.31. The molecule has 2 rings (SSSR count). The zero-order valence-corrected chi connectivity index (χ0v) is 12.7. The first-order chi connectivity index (χ1) is 8.58. The van der Waals surface area contributed by atoms with E-state index in [-0.39, 0.29) is 5.91 Å². The van der Waals surface area contributed by atoms with Crippen molar-refractivity contribution in [1.29, 1.82) is 0 Å². The molecule has 0 saturated heterocycles. The molecule has 98 valence electrons. The number of amides is 1. The highest BCUT2D eigenvalue weighted by atomic mass is 79.9. The van der Waals surface area contributed by atoms with Gasteiger partial charge >= 0.3 is 0 Å². The maximum absolute atomic E-state index is 12.0. The van der Waals surface area contributed by atoms with Gasteiger partial charge in [0, 0.05) is 11.4 Å². The van der Waals surface area contributed by atoms with Crippen LogP contribution in [-0.2, 0) is 0 Å². The maximum Gasteiger partial charge on any atom is 0.252 e. The summed E-state index contributed by atoms with van der Waals surface area (Å²) in [6, 6.07) is 5.51. The Morgan fingerprint density at radius 1 is 1.50 bits per heavy atom. The number of hydrogen-bond donors (Lipinski definition) is 1. The SMILES string of the molecule is Cc1ccc(C(=O)NCC2CCCC2Br)c(Cl)c1. The lowest BCUT2D eigenvalue weighted by Crippen LogP contribution is -2.31. The number of carbonyl (C=O) groups excluding carboxylic acids is 1. The molecule has 0 radical (unpaired) electrons. The van der Waals surface area contributed by atoms with E-state index >= 15 is 0 Å². The minimum atomic E-state index is -0.0772. The summed E-state index contributed by atoms with van der Waals surface area (Å²) in [5.41, 5.74) is 1.62. The Balaban J connectivity index is 1.95. The third-order valence-electron chi connectivity index (χ3n) is 3.46. The van der Waals surface area contributed by atoms with Crippen LogP contribution in [0.2, 0.25) is 5.02 Å². The number of rotatable bonds is 3. The summed E-state index contributed by atoms with van der Waals surface area (Å²) < 4.78 is 0. The van der Waals surface area contributed by atoms with Crippen LogP contribution in [-0.4, -0.2) is 17.3 Å². The average molecular weight is 331 g/mol. The molecule has 18 heavy (non-hydrogen) atoms. The molecule has 1 N–H and O–H groups in total. The lowest BCUT2D eigenvalue weighted by atomic mass is 10.1. The Morgan fingerprint density at radius 3 is 2.89 bits per heavy atom. The Kier molecular flexibility index (Phi) is 4.68. The monoisotopic (exact) mass is 329 g/mol. The molecule has 0 aliphatic heterocycles. The van der Waals surface area contributed by atoms with Crippen molar-refractivity contribution in [3.63, 3.8) is 0 Å². The van der Waals surface area contributed by atoms with E-state index in [9.17, 15) is 4.79 Å². The lowest BCUT2D eigenvalue weighted by molar-refractivity contribution is 0.0948. The van der Waals surface area contributed by atoms with Gasteiger partial charge in [0.1, 0.15) is 0 Å². The van der Waals surface area contributed by atoms with Crippen LogP contribution >= 0.6 is 27.5 Å². The Bertz CT molecular complexity index is 449. The van der Waals surface area contributed by atoms with Crippen LogP contribution in [0.3, 0.4) is 0 Å². The predicted octanol–water partition coefficient (Wildman–Crippen LogP) is 3.94. The van der Waals surface area contributed by atoms with Crippen LogP contribution in [0.4, 0.5) is 0 Å². The molecule has 4 heteroatoms. The van der Waals surface area contributed by atoms with E-state index in [4.69, 9.17) is 11.6 Å². The van der Waals surface area contributed by atoms with Crippen molar-refractivity contribution in [2.75, 3.05) is 6.54 Å². The molecule has 1 amide bonds. The molecule has 0 aromatic heterocycles. The van der Waals surface area contributed by atoms with Gasteiger partial charge in [-0.05, 0) is 43.4 Å². The zero-order chi connectivity index (χ0) is 13.1. The second kappa shape index (κ2) is 6.07. The number of halogens is 2. The minimum absolute atomic E-state index is 0.0772. The van der Waals surface area contributed by atoms with Crippen LogP contribution < -0.4 is 5.32 Å². The molecule has 1 fully saturated rings. The highest BCUT2D eigenvalue weighted by Gasteiger charge is 2.25. The van der Waals surface area contributed by atoms with Gasteiger partial charge in [-0.2, -0.15) is 0 Å². The first-order valence-corrected chi connectivity index (χ1v) is 7.55. The smallest absolute Gasteiger partial charge is 0.252 e. The summed E-state index contributed by atoms with van der Waals surface area (Å²) in [7, 11) is 0. The van der Waals surface area contributed by atoms with Crippen molar-refractivity contribution in [2.45, 2.75) is 31.0 Å². The van der Waals surface area contributed by atoms with Crippen LogP contribution in [0.15, 0.2) is 18.2 Å². The molecule has 1 saturated carbocycles. The third kappa shape index (κ3) is 3.27. The van der Waals surface area contributed by atoms with Gasteiger partial charge in [0.2, 0.25) is 0 Å². The third-order valence-corrected chi connectivity index (χ3v) is 4.98. The van der Waals surface area contributed by atoms with Crippen LogP contribution in [0.25, 0.3) is 0 Å². The van der Waals surface area contributed by atoms with Crippen molar-refractivity contribution < 1.29 is 4.79 Å². The molecule has 2 unspecified atom stereocenters. The molecule has 0 spiro atoms. The minimum Gasteiger partial charge on any atom is -0.352 e. The van der Waals surface area contributed by atoms with Gasteiger partial charge in [-0.25, -0.2) is 0 Å². The van der Waals surface area contributed by atoms with Gasteiger partial charge in [-0.15, -0.1) is 0 Å². The van der Waals surface area contributed by atoms with Crippen molar-refractivity contribution in [3.05, 3.63) is 34.3 Å². The van der Waals surface area contributed by atoms with E-state index in [0.717, 1.165) is 12.1 Å². The van der Waals surface area contributed by atoms with Gasteiger partial charge in [0.05, 0.1) is 10.6 Å². The van der Waals surface area contributed by atoms with Crippen molar-refractivity contribution in [2.24, 2.45) is 5.92 Å². The Hall–Kier alpha value is -0.540. The van der Waals surface area contributed by atoms with E-state index < -0.39 is 0 Å². The van der Waals surface area contributed by atoms with Gasteiger partial charge in [0.25, 0.3) is 5.91 Å². The molecule has 2 atom stereocenters. The molecule has 1 aromatic carbocycles. The summed E-state index contributed by atoms with van der Waals surface area (Å²) in [5.74, 6) is 0.463. The molecule has 1 aromatic rings. The summed E-state index contributed by atoms with van der Waals surface area (Å²) in [5, 5.41) is 3.50. The fourth-order valence-electron chi connectivity index (χ4n) is 2.34. The first kappa shape index (κ1) is 13.9. The second-order valence-electron chi connectivity index (χ2n) is 4.90. The lowest BCUT2D eigenvalue weighted by Gasteiger charge is -2.15. The van der Waals surface area contributed by atoms with Gasteiger partial charge in [0.15, 0.2) is 0 Å². The predicted molar refractivity (Wildman–Crippen MR) is 78.6 cm³/mol. The number of carbonyl (C=O) groups is 1. The largest absolute Gasteiger partial charge is 0.352 e. The van der Waals surface area contributed by atoms with E-state index in [2.05, 4.69) is 21.2 Å². The van der Waals surface area contributed by atoms with Crippen molar-refractivity contribution in [3.8, 4) is 0 Å². The van der Waals surface area contributed by atoms with Gasteiger partial charge in [-0.3, -0.25) is 4.79 Å². The summed E-state index contributed by atoms with van der Waals surface area (Å²) >= 11 is 9.74. The topological polar surface area (TPSA) is 29.1 Å². The zero-order valence-electron chi connectivity index (χ0n) is 10.4. The average Bonchev–Trinajstić information content (AvgIpc) is 2.72. The molecule has 0 heterocycles. The number of alkyl halides is 1. The fourth-order valence-corrected chi connectivity index (χ4v) is 3.44. The number of nitrogens with one attached hydrogen (secondary N) is 1. The molecular weight excluding hydrogens is 314 g/mol. The maximum atomic E-state index is 12.0. The van der Waals surface area contributed by atoms with Crippen LogP contribution in [0.5, 0.6) is 0 Å². The van der Waals surface area contributed by atoms with E-state index in [1.165, 1.54) is 19.3 Å². The number of benzene rings is 1. The van der Waals surface area contributed by atoms with Crippen LogP contribution in [0, 0.1) is 12.8 Å². The van der Waals surface area contributed by atoms with Crippen LogP contribution in [0.1, 0.15) is 35.2 Å². The molecule has 0 bridgehead atoms. The molecule has 2 nitrogen and oxygen atoms in total. The standard InChI is InChI=1S/C14H17BrClNO/c1-9-5-6-11(13(16)7-9)14(18)17-8-10-3-2-4-12(10)15/h5-7,10,12H,2-4,8H2,1H3,(H,17,18). The van der Waals surface area contributed by atoms with Crippen molar-refractivity contribution >= 4 is 33.4 Å². The second-order valence-corrected chi connectivity index (χ2v) is 6.48. The fraction of sp³-hybridized carbons (Fsp3) is 0.500. The van der Waals surface area contributed by atoms with Gasteiger partial charge < -0.3 is 5.32 Å².